The molecule has 1 heterocycles. The van der Waals surface area contributed by atoms with Gasteiger partial charge in [0.15, 0.2) is 0 Å². The fraction of sp³-hybridized carbons (Fsp3) is 0.650. The zero-order valence-electron chi connectivity index (χ0n) is 16.7. The van der Waals surface area contributed by atoms with Gasteiger partial charge in [0.2, 0.25) is 0 Å². The number of halogens is 1. The highest BCUT2D eigenvalue weighted by molar-refractivity contribution is 6.62. The second-order valence-electron chi connectivity index (χ2n) is 8.39. The van der Waals surface area contributed by atoms with Crippen LogP contribution >= 0.6 is 11.6 Å². The van der Waals surface area contributed by atoms with Gasteiger partial charge < -0.3 is 18.8 Å². The molecule has 1 saturated heterocycles. The number of esters is 1. The summed E-state index contributed by atoms with van der Waals surface area (Å²) in [7, 11) is 0.990. The molecule has 2 fully saturated rings. The van der Waals surface area contributed by atoms with Gasteiger partial charge in [0.05, 0.1) is 35.4 Å². The van der Waals surface area contributed by atoms with Crippen molar-refractivity contribution in [2.45, 2.75) is 70.7 Å². The largest absolute Gasteiger partial charge is 0.494 e. The highest BCUT2D eigenvalue weighted by atomic mass is 35.5. The van der Waals surface area contributed by atoms with Gasteiger partial charge >= 0.3 is 13.1 Å². The molecule has 148 valence electrons. The monoisotopic (exact) mass is 394 g/mol. The average molecular weight is 395 g/mol. The molecule has 1 aliphatic heterocycles. The molecule has 0 radical (unpaired) electrons. The smallest absolute Gasteiger partial charge is 0.489 e. The van der Waals surface area contributed by atoms with Gasteiger partial charge in [0.25, 0.3) is 0 Å². The molecule has 2 aliphatic rings. The summed E-state index contributed by atoms with van der Waals surface area (Å²) >= 11 is 6.46. The first-order valence-corrected chi connectivity index (χ1v) is 9.90. The lowest BCUT2D eigenvalue weighted by Gasteiger charge is -2.32. The summed E-state index contributed by atoms with van der Waals surface area (Å²) in [5.74, 6) is 0.507. The molecule has 1 aromatic carbocycles. The van der Waals surface area contributed by atoms with Crippen molar-refractivity contribution in [3.63, 3.8) is 0 Å². The summed E-state index contributed by atoms with van der Waals surface area (Å²) in [5.41, 5.74) is 0.0928. The Balaban J connectivity index is 1.62. The van der Waals surface area contributed by atoms with Crippen LogP contribution in [0.1, 0.15) is 53.4 Å². The molecule has 0 N–H and O–H groups in total. The maximum Gasteiger partial charge on any atom is 0.494 e. The van der Waals surface area contributed by atoms with Crippen molar-refractivity contribution in [1.29, 1.82) is 0 Å². The fourth-order valence-electron chi connectivity index (χ4n) is 3.50. The summed E-state index contributed by atoms with van der Waals surface area (Å²) in [6.45, 7) is 8.10. The molecule has 27 heavy (non-hydrogen) atoms. The van der Waals surface area contributed by atoms with Crippen LogP contribution in [0.3, 0.4) is 0 Å². The molecule has 1 aromatic rings. The molecule has 7 heteroatoms. The highest BCUT2D eigenvalue weighted by Crippen LogP contribution is 2.37. The zero-order valence-corrected chi connectivity index (χ0v) is 17.5. The first-order chi connectivity index (χ1) is 12.6. The Hall–Kier alpha value is -1.24. The summed E-state index contributed by atoms with van der Waals surface area (Å²) < 4.78 is 23.1. The third-order valence-corrected chi connectivity index (χ3v) is 6.28. The summed E-state index contributed by atoms with van der Waals surface area (Å²) in [5, 5.41) is 0.539. The molecular weight excluding hydrogens is 366 g/mol. The van der Waals surface area contributed by atoms with Crippen LogP contribution in [0.5, 0.6) is 5.75 Å². The average Bonchev–Trinajstić information content (AvgIpc) is 2.84. The number of rotatable bonds is 4. The van der Waals surface area contributed by atoms with E-state index >= 15 is 0 Å². The van der Waals surface area contributed by atoms with Crippen molar-refractivity contribution in [3.8, 4) is 5.75 Å². The first-order valence-electron chi connectivity index (χ1n) is 9.52. The number of methoxy groups -OCH3 is 1. The molecule has 1 saturated carbocycles. The molecule has 0 aromatic heterocycles. The second kappa shape index (κ2) is 7.65. The maximum absolute atomic E-state index is 11.6. The molecule has 0 spiro atoms. The zero-order chi connectivity index (χ0) is 19.8. The van der Waals surface area contributed by atoms with Gasteiger partial charge in [-0.1, -0.05) is 17.7 Å². The SMILES string of the molecule is COC(=O)[C@H]1CC[C@@H](Oc2ccc(B3OC(C)(C)C(C)(C)O3)cc2Cl)CC1. The lowest BCUT2D eigenvalue weighted by atomic mass is 9.79. The van der Waals surface area contributed by atoms with Gasteiger partial charge in [0, 0.05) is 0 Å². The van der Waals surface area contributed by atoms with Crippen molar-refractivity contribution in [2.24, 2.45) is 5.92 Å². The Morgan fingerprint density at radius 1 is 1.11 bits per heavy atom. The third kappa shape index (κ3) is 4.28. The van der Waals surface area contributed by atoms with E-state index in [-0.39, 0.29) is 18.0 Å². The van der Waals surface area contributed by atoms with Crippen LogP contribution in [-0.2, 0) is 18.8 Å². The first kappa shape index (κ1) is 20.5. The Morgan fingerprint density at radius 2 is 1.70 bits per heavy atom. The molecule has 1 aliphatic carbocycles. The van der Waals surface area contributed by atoms with Crippen molar-refractivity contribution in [3.05, 3.63) is 23.2 Å². The number of hydrogen-bond acceptors (Lipinski definition) is 5. The van der Waals surface area contributed by atoms with Gasteiger partial charge in [-0.25, -0.2) is 0 Å². The summed E-state index contributed by atoms with van der Waals surface area (Å²) in [6, 6.07) is 5.65. The molecule has 0 unspecified atom stereocenters. The van der Waals surface area contributed by atoms with Crippen LogP contribution in [-0.4, -0.2) is 37.5 Å². The van der Waals surface area contributed by atoms with Crippen molar-refractivity contribution in [1.82, 2.24) is 0 Å². The van der Waals surface area contributed by atoms with Crippen molar-refractivity contribution >= 4 is 30.2 Å². The molecule has 0 atom stereocenters. The molecule has 0 amide bonds. The number of hydrogen-bond donors (Lipinski definition) is 0. The van der Waals surface area contributed by atoms with E-state index in [1.165, 1.54) is 7.11 Å². The normalized spacial score (nSPS) is 26.7. The minimum Gasteiger partial charge on any atom is -0.489 e. The van der Waals surface area contributed by atoms with Crippen LogP contribution in [0.15, 0.2) is 18.2 Å². The fourth-order valence-corrected chi connectivity index (χ4v) is 3.73. The number of benzene rings is 1. The number of carbonyl (C=O) groups is 1. The van der Waals surface area contributed by atoms with Crippen molar-refractivity contribution in [2.75, 3.05) is 7.11 Å². The topological polar surface area (TPSA) is 54.0 Å². The number of ether oxygens (including phenoxy) is 2. The van der Waals surface area contributed by atoms with Gasteiger partial charge in [-0.3, -0.25) is 4.79 Å². The predicted octanol–water partition coefficient (Wildman–Crippen LogP) is 3.75. The standard InChI is InChI=1S/C20H28BClO5/c1-19(2)20(3,4)27-21(26-19)14-8-11-17(16(22)12-14)25-15-9-6-13(7-10-15)18(23)24-5/h8,11-13,15H,6-7,9-10H2,1-5H3/t13-,15+. The van der Waals surface area contributed by atoms with Crippen LogP contribution < -0.4 is 10.2 Å². The van der Waals surface area contributed by atoms with Crippen LogP contribution in [0.25, 0.3) is 0 Å². The summed E-state index contributed by atoms with van der Waals surface area (Å²) in [4.78, 5) is 11.6. The van der Waals surface area contributed by atoms with Crippen molar-refractivity contribution < 1.29 is 23.6 Å². The minimum absolute atomic E-state index is 0.0175. The maximum atomic E-state index is 11.6. The Bertz CT molecular complexity index is 682. The highest BCUT2D eigenvalue weighted by Gasteiger charge is 2.51. The van der Waals surface area contributed by atoms with Gasteiger partial charge in [-0.15, -0.1) is 0 Å². The van der Waals surface area contributed by atoms with E-state index in [0.29, 0.717) is 10.8 Å². The van der Waals surface area contributed by atoms with Gasteiger partial charge in [-0.05, 0) is 71.0 Å². The Kier molecular flexibility index (Phi) is 5.81. The Labute approximate surface area is 166 Å². The Morgan fingerprint density at radius 3 is 2.22 bits per heavy atom. The van der Waals surface area contributed by atoms with E-state index in [2.05, 4.69) is 0 Å². The lowest BCUT2D eigenvalue weighted by molar-refractivity contribution is -0.147. The van der Waals surface area contributed by atoms with E-state index in [1.54, 1.807) is 0 Å². The molecule has 5 nitrogen and oxygen atoms in total. The lowest BCUT2D eigenvalue weighted by Crippen LogP contribution is -2.41. The van der Waals surface area contributed by atoms with E-state index < -0.39 is 18.3 Å². The van der Waals surface area contributed by atoms with E-state index in [1.807, 2.05) is 45.9 Å². The van der Waals surface area contributed by atoms with E-state index in [0.717, 1.165) is 31.1 Å². The van der Waals surface area contributed by atoms with Gasteiger partial charge in [-0.2, -0.15) is 0 Å². The second-order valence-corrected chi connectivity index (χ2v) is 8.80. The quantitative estimate of drug-likeness (QED) is 0.575. The molecule has 0 bridgehead atoms. The third-order valence-electron chi connectivity index (χ3n) is 5.98. The van der Waals surface area contributed by atoms with Gasteiger partial charge in [0.1, 0.15) is 5.75 Å². The molecular formula is C20H28BClO5. The molecule has 3 rings (SSSR count). The minimum atomic E-state index is -0.447. The van der Waals surface area contributed by atoms with E-state index in [4.69, 9.17) is 30.4 Å². The van der Waals surface area contributed by atoms with Crippen LogP contribution in [0, 0.1) is 5.92 Å². The van der Waals surface area contributed by atoms with Crippen LogP contribution in [0.4, 0.5) is 0 Å². The van der Waals surface area contributed by atoms with E-state index in [9.17, 15) is 4.79 Å². The summed E-state index contributed by atoms with van der Waals surface area (Å²) in [6.07, 6.45) is 3.25. The van der Waals surface area contributed by atoms with Crippen LogP contribution in [0.2, 0.25) is 5.02 Å². The number of carbonyl (C=O) groups excluding carboxylic acids is 1. The predicted molar refractivity (Wildman–Crippen MR) is 106 cm³/mol.